The second-order valence-corrected chi connectivity index (χ2v) is 5.54. The normalized spacial score (nSPS) is 12.6. The number of aromatic nitrogens is 2. The Bertz CT molecular complexity index is 539. The average molecular weight is 318 g/mol. The maximum absolute atomic E-state index is 11.9. The van der Waals surface area contributed by atoms with Gasteiger partial charge in [0.1, 0.15) is 11.3 Å². The van der Waals surface area contributed by atoms with Crippen molar-refractivity contribution in [3.63, 3.8) is 0 Å². The number of hydrogen-bond acceptors (Lipinski definition) is 6. The zero-order chi connectivity index (χ0) is 15.3. The fourth-order valence-corrected chi connectivity index (χ4v) is 1.50. The number of carbonyl (C=O) groups is 1. The first-order chi connectivity index (χ1) is 9.29. The number of halogens is 2. The fraction of sp³-hybridized carbons (Fsp3) is 0.333. The number of aliphatic hydroxyl groups is 1. The molecule has 0 saturated carbocycles. The second-order valence-electron chi connectivity index (χ2n) is 3.84. The number of aliphatic hydroxyl groups excluding tert-OH is 1. The molecular weight excluding hydrogens is 305 g/mol. The SMILES string of the molecule is CCOC(=O)/C(C(=N)C(C)(Cl)Cl)=C(/O)c1ccnnc1. The average Bonchev–Trinajstić information content (AvgIpc) is 2.39. The lowest BCUT2D eigenvalue weighted by molar-refractivity contribution is -0.137. The van der Waals surface area contributed by atoms with Gasteiger partial charge < -0.3 is 15.3 Å². The van der Waals surface area contributed by atoms with Gasteiger partial charge in [-0.2, -0.15) is 10.2 Å². The molecule has 2 N–H and O–H groups in total. The van der Waals surface area contributed by atoms with E-state index in [2.05, 4.69) is 10.2 Å². The van der Waals surface area contributed by atoms with E-state index >= 15 is 0 Å². The van der Waals surface area contributed by atoms with Gasteiger partial charge in [-0.3, -0.25) is 0 Å². The van der Waals surface area contributed by atoms with E-state index in [1.165, 1.54) is 25.4 Å². The van der Waals surface area contributed by atoms with Crippen LogP contribution in [-0.2, 0) is 9.53 Å². The summed E-state index contributed by atoms with van der Waals surface area (Å²) in [5.74, 6) is -1.38. The Morgan fingerprint density at radius 2 is 2.15 bits per heavy atom. The van der Waals surface area contributed by atoms with E-state index in [0.717, 1.165) is 0 Å². The van der Waals surface area contributed by atoms with Crippen LogP contribution in [0.3, 0.4) is 0 Å². The molecule has 6 nitrogen and oxygen atoms in total. The first-order valence-electron chi connectivity index (χ1n) is 5.63. The molecule has 108 valence electrons. The number of nitrogens with one attached hydrogen (secondary N) is 1. The quantitative estimate of drug-likeness (QED) is 0.286. The monoisotopic (exact) mass is 317 g/mol. The van der Waals surface area contributed by atoms with Crippen molar-refractivity contribution in [3.05, 3.63) is 29.6 Å². The molecule has 0 bridgehead atoms. The van der Waals surface area contributed by atoms with E-state index in [4.69, 9.17) is 33.3 Å². The van der Waals surface area contributed by atoms with Gasteiger partial charge in [0, 0.05) is 5.56 Å². The van der Waals surface area contributed by atoms with Crippen LogP contribution in [0.15, 0.2) is 24.0 Å². The van der Waals surface area contributed by atoms with Crippen LogP contribution in [0.2, 0.25) is 0 Å². The molecule has 1 rings (SSSR count). The number of alkyl halides is 2. The molecular formula is C12H13Cl2N3O3. The van der Waals surface area contributed by atoms with Crippen molar-refractivity contribution >= 4 is 40.6 Å². The number of ether oxygens (including phenoxy) is 1. The second kappa shape index (κ2) is 6.67. The molecule has 0 aliphatic rings. The van der Waals surface area contributed by atoms with Crippen LogP contribution in [0.25, 0.3) is 5.76 Å². The maximum atomic E-state index is 11.9. The molecule has 0 aliphatic carbocycles. The van der Waals surface area contributed by atoms with Gasteiger partial charge in [0.25, 0.3) is 0 Å². The standard InChI is InChI=1S/C12H13Cl2N3O3/c1-3-20-11(19)8(10(15)12(2,13)14)9(18)7-4-5-16-17-6-7/h4-6,15,18H,3H2,1-2H3/b9-8+,15-10?. The summed E-state index contributed by atoms with van der Waals surface area (Å²) in [5.41, 5.74) is -0.675. The van der Waals surface area contributed by atoms with Crippen molar-refractivity contribution in [1.82, 2.24) is 10.2 Å². The van der Waals surface area contributed by atoms with Crippen LogP contribution in [0.4, 0.5) is 0 Å². The Morgan fingerprint density at radius 3 is 2.60 bits per heavy atom. The van der Waals surface area contributed by atoms with Crippen LogP contribution in [-0.4, -0.2) is 37.9 Å². The molecule has 20 heavy (non-hydrogen) atoms. The van der Waals surface area contributed by atoms with Crippen molar-refractivity contribution in [1.29, 1.82) is 5.41 Å². The van der Waals surface area contributed by atoms with Crippen LogP contribution in [0.5, 0.6) is 0 Å². The molecule has 0 atom stereocenters. The summed E-state index contributed by atoms with van der Waals surface area (Å²) < 4.78 is 3.16. The number of esters is 1. The molecule has 0 aromatic carbocycles. The Morgan fingerprint density at radius 1 is 1.50 bits per heavy atom. The third-order valence-electron chi connectivity index (χ3n) is 2.26. The van der Waals surface area contributed by atoms with E-state index in [0.29, 0.717) is 0 Å². The Kier molecular flexibility index (Phi) is 5.47. The molecule has 0 radical (unpaired) electrons. The van der Waals surface area contributed by atoms with E-state index in [1.54, 1.807) is 6.92 Å². The number of rotatable bonds is 5. The van der Waals surface area contributed by atoms with Gasteiger partial charge in [-0.1, -0.05) is 23.2 Å². The Labute approximate surface area is 125 Å². The predicted octanol–water partition coefficient (Wildman–Crippen LogP) is 2.52. The molecule has 0 unspecified atom stereocenters. The van der Waals surface area contributed by atoms with E-state index in [1.807, 2.05) is 0 Å². The molecule has 1 aromatic rings. The van der Waals surface area contributed by atoms with Gasteiger partial charge in [0.2, 0.25) is 0 Å². The summed E-state index contributed by atoms with van der Waals surface area (Å²) in [7, 11) is 0. The third kappa shape index (κ3) is 3.91. The van der Waals surface area contributed by atoms with Crippen molar-refractivity contribution < 1.29 is 14.6 Å². The van der Waals surface area contributed by atoms with Crippen LogP contribution < -0.4 is 0 Å². The van der Waals surface area contributed by atoms with Crippen molar-refractivity contribution in [2.45, 2.75) is 18.2 Å². The molecule has 8 heteroatoms. The smallest absolute Gasteiger partial charge is 0.343 e. The molecule has 1 heterocycles. The van der Waals surface area contributed by atoms with E-state index < -0.39 is 27.3 Å². The minimum Gasteiger partial charge on any atom is -0.506 e. The highest BCUT2D eigenvalue weighted by Gasteiger charge is 2.33. The topological polar surface area (TPSA) is 96.2 Å². The van der Waals surface area contributed by atoms with E-state index in [9.17, 15) is 9.90 Å². The largest absolute Gasteiger partial charge is 0.506 e. The van der Waals surface area contributed by atoms with Crippen molar-refractivity contribution in [2.24, 2.45) is 0 Å². The summed E-state index contributed by atoms with van der Waals surface area (Å²) in [5, 5.41) is 25.2. The van der Waals surface area contributed by atoms with Gasteiger partial charge in [0.05, 0.1) is 24.7 Å². The summed E-state index contributed by atoms with van der Waals surface area (Å²) in [6.07, 6.45) is 2.57. The molecule has 0 amide bonds. The molecule has 0 aliphatic heterocycles. The van der Waals surface area contributed by atoms with Gasteiger partial charge >= 0.3 is 5.97 Å². The zero-order valence-electron chi connectivity index (χ0n) is 10.9. The van der Waals surface area contributed by atoms with Gasteiger partial charge in [-0.05, 0) is 19.9 Å². The third-order valence-corrected chi connectivity index (χ3v) is 2.64. The lowest BCUT2D eigenvalue weighted by Crippen LogP contribution is -2.29. The van der Waals surface area contributed by atoms with E-state index in [-0.39, 0.29) is 12.2 Å². The molecule has 1 aromatic heterocycles. The summed E-state index contributed by atoms with van der Waals surface area (Å²) >= 11 is 11.6. The minimum atomic E-state index is -1.66. The molecule has 0 fully saturated rings. The Hall–Kier alpha value is -1.66. The van der Waals surface area contributed by atoms with Crippen LogP contribution in [0.1, 0.15) is 19.4 Å². The maximum Gasteiger partial charge on any atom is 0.343 e. The van der Waals surface area contributed by atoms with Crippen molar-refractivity contribution in [3.8, 4) is 0 Å². The highest BCUT2D eigenvalue weighted by Crippen LogP contribution is 2.28. The fourth-order valence-electron chi connectivity index (χ4n) is 1.31. The minimum absolute atomic E-state index is 0.0821. The molecule has 0 saturated heterocycles. The van der Waals surface area contributed by atoms with Crippen LogP contribution in [0, 0.1) is 5.41 Å². The number of nitrogens with zero attached hydrogens (tertiary/aromatic N) is 2. The first kappa shape index (κ1) is 16.4. The van der Waals surface area contributed by atoms with Crippen LogP contribution >= 0.6 is 23.2 Å². The van der Waals surface area contributed by atoms with Gasteiger partial charge in [-0.15, -0.1) is 0 Å². The highest BCUT2D eigenvalue weighted by atomic mass is 35.5. The lowest BCUT2D eigenvalue weighted by Gasteiger charge is -2.18. The number of hydrogen-bond donors (Lipinski definition) is 2. The number of carbonyl (C=O) groups excluding carboxylic acids is 1. The molecule has 0 spiro atoms. The predicted molar refractivity (Wildman–Crippen MR) is 76.1 cm³/mol. The lowest BCUT2D eigenvalue weighted by atomic mass is 10.0. The van der Waals surface area contributed by atoms with Gasteiger partial charge in [-0.25, -0.2) is 4.79 Å². The van der Waals surface area contributed by atoms with Gasteiger partial charge in [0.15, 0.2) is 4.33 Å². The summed E-state index contributed by atoms with van der Waals surface area (Å²) in [6.45, 7) is 3.00. The Balaban J connectivity index is 3.37. The summed E-state index contributed by atoms with van der Waals surface area (Å²) in [4.78, 5) is 11.9. The summed E-state index contributed by atoms with van der Waals surface area (Å²) in [6, 6.07) is 1.43. The highest BCUT2D eigenvalue weighted by molar-refractivity contribution is 6.61. The van der Waals surface area contributed by atoms with Crippen molar-refractivity contribution in [2.75, 3.05) is 6.61 Å². The first-order valence-corrected chi connectivity index (χ1v) is 6.39. The zero-order valence-corrected chi connectivity index (χ0v) is 12.4.